The third-order valence-electron chi connectivity index (χ3n) is 2.61. The highest BCUT2D eigenvalue weighted by Crippen LogP contribution is 2.38. The minimum Gasteiger partial charge on any atom is -0.451 e. The van der Waals surface area contributed by atoms with Crippen molar-refractivity contribution in [1.29, 1.82) is 0 Å². The van der Waals surface area contributed by atoms with E-state index >= 15 is 0 Å². The molecule has 0 amide bonds. The summed E-state index contributed by atoms with van der Waals surface area (Å²) in [5.74, 6) is 0.553. The molecule has 0 aromatic rings. The van der Waals surface area contributed by atoms with Crippen molar-refractivity contribution in [2.75, 3.05) is 0 Å². The minimum atomic E-state index is -0.278. The number of carbonyl (C=O) groups is 1. The van der Waals surface area contributed by atoms with Gasteiger partial charge in [-0.05, 0) is 42.4 Å². The predicted octanol–water partition coefficient (Wildman–Crippen LogP) is 2.89. The lowest BCUT2D eigenvalue weighted by Crippen LogP contribution is -2.32. The van der Waals surface area contributed by atoms with Crippen molar-refractivity contribution >= 4 is 29.1 Å². The van der Waals surface area contributed by atoms with Gasteiger partial charge in [-0.1, -0.05) is 19.3 Å². The molecule has 1 saturated carbocycles. The number of rotatable bonds is 3. The van der Waals surface area contributed by atoms with Crippen LogP contribution in [-0.4, -0.2) is 10.1 Å². The Morgan fingerprint density at radius 2 is 2.00 bits per heavy atom. The van der Waals surface area contributed by atoms with Crippen molar-refractivity contribution in [3.8, 4) is 0 Å². The fourth-order valence-corrected chi connectivity index (χ4v) is 2.54. The average molecular weight is 282 g/mol. The van der Waals surface area contributed by atoms with Gasteiger partial charge in [0, 0.05) is 5.92 Å². The zero-order valence-corrected chi connectivity index (χ0v) is 9.54. The summed E-state index contributed by atoms with van der Waals surface area (Å²) in [6.07, 6.45) is 6.31. The van der Waals surface area contributed by atoms with Crippen molar-refractivity contribution in [1.82, 2.24) is 0 Å². The zero-order chi connectivity index (χ0) is 9.03. The van der Waals surface area contributed by atoms with E-state index < -0.39 is 0 Å². The molecule has 0 aromatic heterocycles. The van der Waals surface area contributed by atoms with Crippen molar-refractivity contribution in [2.45, 2.75) is 42.6 Å². The number of halogens is 1. The van der Waals surface area contributed by atoms with Gasteiger partial charge in [-0.3, -0.25) is 4.79 Å². The van der Waals surface area contributed by atoms with Gasteiger partial charge in [0.15, 0.2) is 3.61 Å². The minimum absolute atomic E-state index is 0.278. The van der Waals surface area contributed by atoms with Crippen LogP contribution in [0.3, 0.4) is 0 Å². The van der Waals surface area contributed by atoms with Crippen LogP contribution in [0.4, 0.5) is 0 Å². The van der Waals surface area contributed by atoms with E-state index in [4.69, 9.17) is 4.74 Å². The molecule has 1 aliphatic rings. The summed E-state index contributed by atoms with van der Waals surface area (Å²) >= 11 is 2.24. The third kappa shape index (κ3) is 2.61. The van der Waals surface area contributed by atoms with E-state index in [0.717, 1.165) is 0 Å². The van der Waals surface area contributed by atoms with Crippen LogP contribution in [-0.2, 0) is 9.53 Å². The quantitative estimate of drug-likeness (QED) is 0.452. The van der Waals surface area contributed by atoms with Crippen LogP contribution in [0.5, 0.6) is 0 Å². The molecule has 0 aromatic carbocycles. The molecule has 70 valence electrons. The maximum absolute atomic E-state index is 10.2. The van der Waals surface area contributed by atoms with Crippen molar-refractivity contribution in [2.24, 2.45) is 5.92 Å². The number of hydrogen-bond acceptors (Lipinski definition) is 2. The SMILES string of the molecule is CC(I)(OC=O)C1CCCCC1. The van der Waals surface area contributed by atoms with E-state index in [2.05, 4.69) is 22.6 Å². The lowest BCUT2D eigenvalue weighted by molar-refractivity contribution is -0.137. The van der Waals surface area contributed by atoms with Crippen LogP contribution >= 0.6 is 22.6 Å². The molecule has 0 aliphatic heterocycles. The van der Waals surface area contributed by atoms with Crippen LogP contribution in [0, 0.1) is 5.92 Å². The van der Waals surface area contributed by atoms with E-state index in [1.54, 1.807) is 0 Å². The average Bonchev–Trinajstić information content (AvgIpc) is 2.06. The van der Waals surface area contributed by atoms with Gasteiger partial charge in [0.05, 0.1) is 0 Å². The molecular formula is C9H15IO2. The first kappa shape index (κ1) is 10.3. The molecule has 0 heterocycles. The fourth-order valence-electron chi connectivity index (χ4n) is 1.81. The lowest BCUT2D eigenvalue weighted by Gasteiger charge is -2.33. The highest BCUT2D eigenvalue weighted by molar-refractivity contribution is 14.1. The molecule has 1 atom stereocenters. The summed E-state index contributed by atoms with van der Waals surface area (Å²) in [7, 11) is 0. The zero-order valence-electron chi connectivity index (χ0n) is 7.38. The molecule has 1 aliphatic carbocycles. The first-order chi connectivity index (χ1) is 5.67. The van der Waals surface area contributed by atoms with Gasteiger partial charge < -0.3 is 4.74 Å². The number of carbonyl (C=O) groups excluding carboxylic acids is 1. The largest absolute Gasteiger partial charge is 0.451 e. The van der Waals surface area contributed by atoms with Crippen LogP contribution in [0.2, 0.25) is 0 Å². The summed E-state index contributed by atoms with van der Waals surface area (Å²) in [5, 5.41) is 0. The molecule has 2 nitrogen and oxygen atoms in total. The Balaban J connectivity index is 2.47. The molecule has 0 saturated heterocycles. The van der Waals surface area contributed by atoms with Crippen LogP contribution in [0.25, 0.3) is 0 Å². The lowest BCUT2D eigenvalue weighted by atomic mass is 9.86. The molecule has 1 fully saturated rings. The van der Waals surface area contributed by atoms with E-state index in [1.165, 1.54) is 32.1 Å². The van der Waals surface area contributed by atoms with Crippen molar-refractivity contribution < 1.29 is 9.53 Å². The molecular weight excluding hydrogens is 267 g/mol. The van der Waals surface area contributed by atoms with Crippen LogP contribution in [0.1, 0.15) is 39.0 Å². The van der Waals surface area contributed by atoms with Crippen LogP contribution in [0.15, 0.2) is 0 Å². The molecule has 3 heteroatoms. The normalized spacial score (nSPS) is 24.5. The molecule has 0 bridgehead atoms. The summed E-state index contributed by atoms with van der Waals surface area (Å²) in [4.78, 5) is 10.2. The summed E-state index contributed by atoms with van der Waals surface area (Å²) in [6, 6.07) is 0. The second-order valence-electron chi connectivity index (χ2n) is 3.53. The van der Waals surface area contributed by atoms with E-state index in [1.807, 2.05) is 6.92 Å². The molecule has 12 heavy (non-hydrogen) atoms. The number of ether oxygens (including phenoxy) is 1. The first-order valence-corrected chi connectivity index (χ1v) is 5.55. The van der Waals surface area contributed by atoms with Gasteiger partial charge in [0.25, 0.3) is 6.47 Å². The van der Waals surface area contributed by atoms with Crippen molar-refractivity contribution in [3.63, 3.8) is 0 Å². The smallest absolute Gasteiger partial charge is 0.294 e. The van der Waals surface area contributed by atoms with Gasteiger partial charge in [-0.2, -0.15) is 0 Å². The van der Waals surface area contributed by atoms with E-state index in [9.17, 15) is 4.79 Å². The van der Waals surface area contributed by atoms with E-state index in [-0.39, 0.29) is 3.61 Å². The predicted molar refractivity (Wildman–Crippen MR) is 56.1 cm³/mol. The van der Waals surface area contributed by atoms with Crippen LogP contribution < -0.4 is 0 Å². The maximum Gasteiger partial charge on any atom is 0.294 e. The second-order valence-corrected chi connectivity index (χ2v) is 5.68. The van der Waals surface area contributed by atoms with Gasteiger partial charge in [-0.25, -0.2) is 0 Å². The Hall–Kier alpha value is 0.200. The highest BCUT2D eigenvalue weighted by atomic mass is 127. The second kappa shape index (κ2) is 4.44. The Morgan fingerprint density at radius 1 is 1.42 bits per heavy atom. The third-order valence-corrected chi connectivity index (χ3v) is 3.75. The molecule has 1 unspecified atom stereocenters. The molecule has 0 N–H and O–H groups in total. The Bertz CT molecular complexity index is 151. The van der Waals surface area contributed by atoms with Gasteiger partial charge in [0.2, 0.25) is 0 Å². The number of alkyl halides is 1. The Morgan fingerprint density at radius 3 is 2.50 bits per heavy atom. The molecule has 0 radical (unpaired) electrons. The van der Waals surface area contributed by atoms with Gasteiger partial charge in [-0.15, -0.1) is 0 Å². The molecule has 1 rings (SSSR count). The van der Waals surface area contributed by atoms with E-state index in [0.29, 0.717) is 12.4 Å². The fraction of sp³-hybridized carbons (Fsp3) is 0.889. The van der Waals surface area contributed by atoms with Crippen molar-refractivity contribution in [3.05, 3.63) is 0 Å². The maximum atomic E-state index is 10.2. The van der Waals surface area contributed by atoms with Gasteiger partial charge >= 0.3 is 0 Å². The van der Waals surface area contributed by atoms with Gasteiger partial charge in [0.1, 0.15) is 0 Å². The molecule has 0 spiro atoms. The summed E-state index contributed by atoms with van der Waals surface area (Å²) < 4.78 is 4.80. The first-order valence-electron chi connectivity index (χ1n) is 4.47. The summed E-state index contributed by atoms with van der Waals surface area (Å²) in [6.45, 7) is 2.57. The Kier molecular flexibility index (Phi) is 3.80. The number of hydrogen-bond donors (Lipinski definition) is 0. The highest BCUT2D eigenvalue weighted by Gasteiger charge is 2.33. The standard InChI is InChI=1S/C9H15IO2/c1-9(10,12-7-11)8-5-3-2-4-6-8/h7-8H,2-6H2,1H3. The monoisotopic (exact) mass is 282 g/mol. The topological polar surface area (TPSA) is 26.3 Å². The Labute approximate surface area is 87.2 Å². The summed E-state index contributed by atoms with van der Waals surface area (Å²) in [5.41, 5.74) is 0.